The van der Waals surface area contributed by atoms with E-state index in [1.54, 1.807) is 0 Å². The fourth-order valence-electron chi connectivity index (χ4n) is 4.45. The number of aliphatic imine (C=N–C) groups is 3. The molecule has 0 bridgehead atoms. The van der Waals surface area contributed by atoms with Crippen molar-refractivity contribution in [3.63, 3.8) is 0 Å². The molecule has 16 heteroatoms. The summed E-state index contributed by atoms with van der Waals surface area (Å²) in [5.41, 5.74) is 31.0. The zero-order valence-electron chi connectivity index (χ0n) is 27.3. The number of ether oxygens (including phenoxy) is 1. The number of hydrogen-bond donors (Lipinski definition) is 6. The Labute approximate surface area is 291 Å². The highest BCUT2D eigenvalue weighted by atomic mass is 19.4. The number of amidine groups is 1. The molecule has 0 fully saturated rings. The van der Waals surface area contributed by atoms with Gasteiger partial charge in [0.2, 0.25) is 0 Å². The van der Waals surface area contributed by atoms with Crippen LogP contribution in [-0.4, -0.2) is 50.5 Å². The summed E-state index contributed by atoms with van der Waals surface area (Å²) in [6.45, 7) is 0.696. The first-order valence-electron chi connectivity index (χ1n) is 15.4. The Morgan fingerprint density at radius 3 is 1.71 bits per heavy atom. The Morgan fingerprint density at radius 1 is 0.627 bits per heavy atom. The molecule has 3 rings (SSSR count). The molecule has 0 spiro atoms. The van der Waals surface area contributed by atoms with Crippen molar-refractivity contribution in [2.45, 2.75) is 31.6 Å². The smallest absolute Gasteiger partial charge is 0.416 e. The average molecular weight is 714 g/mol. The number of hydrogen-bond acceptors (Lipinski definition) is 5. The monoisotopic (exact) mass is 713 g/mol. The van der Waals surface area contributed by atoms with Crippen LogP contribution in [-0.2, 0) is 12.4 Å². The third-order valence-electron chi connectivity index (χ3n) is 6.76. The van der Waals surface area contributed by atoms with E-state index in [4.69, 9.17) is 39.1 Å². The van der Waals surface area contributed by atoms with Crippen LogP contribution in [0.4, 0.5) is 26.3 Å². The van der Waals surface area contributed by atoms with Crippen molar-refractivity contribution in [2.24, 2.45) is 49.4 Å². The van der Waals surface area contributed by atoms with Gasteiger partial charge in [0, 0.05) is 42.5 Å². The summed E-state index contributed by atoms with van der Waals surface area (Å²) in [7, 11) is 0. The molecule has 12 N–H and O–H groups in total. The zero-order chi connectivity index (χ0) is 37.6. The van der Waals surface area contributed by atoms with Gasteiger partial charge in [-0.05, 0) is 65.2 Å². The fraction of sp³-hybridized carbons (Fsp3) is 0.286. The zero-order valence-corrected chi connectivity index (χ0v) is 27.3. The van der Waals surface area contributed by atoms with Crippen molar-refractivity contribution in [3.05, 3.63) is 76.9 Å². The standard InChI is InChI=1S/C35H37F6N9O/c36-34(37,38)27-16-22(6-2-4-11-49-32(44)45)14-25(18-27)24-8-9-30(51-13-5-12-50-33(46)47)29(20-24)26-15-23(17-28(19-26)35(39,40)41)7-1-3-10-48-31(43)21-42/h8-9,14-20H,3-5,10-13,21,42H2,(H2,43,48)(H4,44,45,49)(H4,46,47,50). The molecular formula is C35H37F6N9O. The van der Waals surface area contributed by atoms with Crippen LogP contribution < -0.4 is 39.1 Å². The molecule has 51 heavy (non-hydrogen) atoms. The molecule has 0 aliphatic carbocycles. The highest BCUT2D eigenvalue weighted by Gasteiger charge is 2.32. The van der Waals surface area contributed by atoms with Crippen molar-refractivity contribution in [2.75, 3.05) is 32.8 Å². The van der Waals surface area contributed by atoms with E-state index in [0.29, 0.717) is 6.42 Å². The van der Waals surface area contributed by atoms with Gasteiger partial charge >= 0.3 is 12.4 Å². The Bertz CT molecular complexity index is 1890. The number of halogens is 6. The maximum atomic E-state index is 14.1. The Hall–Kier alpha value is -5.87. The van der Waals surface area contributed by atoms with Gasteiger partial charge in [-0.1, -0.05) is 29.7 Å². The molecule has 0 saturated heterocycles. The summed E-state index contributed by atoms with van der Waals surface area (Å²) in [6.07, 6.45) is -8.74. The molecule has 10 nitrogen and oxygen atoms in total. The van der Waals surface area contributed by atoms with Crippen molar-refractivity contribution in [1.29, 1.82) is 0 Å². The third-order valence-corrected chi connectivity index (χ3v) is 6.76. The lowest BCUT2D eigenvalue weighted by Gasteiger charge is -2.17. The van der Waals surface area contributed by atoms with E-state index in [1.807, 2.05) is 0 Å². The van der Waals surface area contributed by atoms with Crippen molar-refractivity contribution in [1.82, 2.24) is 0 Å². The predicted molar refractivity (Wildman–Crippen MR) is 187 cm³/mol. The Kier molecular flexibility index (Phi) is 14.1. The van der Waals surface area contributed by atoms with Gasteiger partial charge < -0.3 is 39.1 Å². The van der Waals surface area contributed by atoms with Crippen LogP contribution >= 0.6 is 0 Å². The van der Waals surface area contributed by atoms with E-state index in [0.717, 1.165) is 24.3 Å². The molecule has 270 valence electrons. The van der Waals surface area contributed by atoms with Crippen molar-refractivity contribution in [3.8, 4) is 51.7 Å². The molecule has 0 amide bonds. The third kappa shape index (κ3) is 13.2. The van der Waals surface area contributed by atoms with Crippen molar-refractivity contribution < 1.29 is 31.1 Å². The Balaban J connectivity index is 2.17. The van der Waals surface area contributed by atoms with Crippen LogP contribution in [0, 0.1) is 23.7 Å². The van der Waals surface area contributed by atoms with E-state index in [-0.39, 0.29) is 103 Å². The van der Waals surface area contributed by atoms with Crippen LogP contribution in [0.25, 0.3) is 22.3 Å². The molecule has 3 aromatic carbocycles. The van der Waals surface area contributed by atoms with E-state index >= 15 is 0 Å². The minimum atomic E-state index is -4.75. The lowest BCUT2D eigenvalue weighted by molar-refractivity contribution is -0.138. The highest BCUT2D eigenvalue weighted by Crippen LogP contribution is 2.40. The average Bonchev–Trinajstić information content (AvgIpc) is 3.06. The normalized spacial score (nSPS) is 11.5. The topological polar surface area (TPSA) is 202 Å². The van der Waals surface area contributed by atoms with E-state index < -0.39 is 23.5 Å². The summed E-state index contributed by atoms with van der Waals surface area (Å²) in [4.78, 5) is 11.7. The summed E-state index contributed by atoms with van der Waals surface area (Å²) >= 11 is 0. The second-order valence-electron chi connectivity index (χ2n) is 10.8. The van der Waals surface area contributed by atoms with E-state index in [1.165, 1.54) is 30.3 Å². The molecule has 0 atom stereocenters. The minimum Gasteiger partial charge on any atom is -0.493 e. The van der Waals surface area contributed by atoms with Crippen molar-refractivity contribution >= 4 is 17.8 Å². The summed E-state index contributed by atoms with van der Waals surface area (Å²) < 4.78 is 90.3. The quantitative estimate of drug-likeness (QED) is 0.0531. The van der Waals surface area contributed by atoms with Crippen LogP contribution in [0.1, 0.15) is 41.5 Å². The second kappa shape index (κ2) is 18.2. The molecule has 0 unspecified atom stereocenters. The van der Waals surface area contributed by atoms with Crippen LogP contribution in [0.15, 0.2) is 69.6 Å². The van der Waals surface area contributed by atoms with Gasteiger partial charge in [0.1, 0.15) is 11.6 Å². The molecule has 3 aromatic rings. The molecule has 0 saturated carbocycles. The lowest BCUT2D eigenvalue weighted by Crippen LogP contribution is -2.23. The molecule has 0 heterocycles. The van der Waals surface area contributed by atoms with Gasteiger partial charge in [-0.15, -0.1) is 0 Å². The molecule has 0 aromatic heterocycles. The van der Waals surface area contributed by atoms with Gasteiger partial charge in [-0.3, -0.25) is 15.0 Å². The van der Waals surface area contributed by atoms with Gasteiger partial charge in [0.15, 0.2) is 11.9 Å². The summed E-state index contributed by atoms with van der Waals surface area (Å²) in [6, 6.07) is 11.0. The first kappa shape index (κ1) is 39.6. The van der Waals surface area contributed by atoms with E-state index in [2.05, 4.69) is 38.7 Å². The number of rotatable bonds is 12. The fourth-order valence-corrected chi connectivity index (χ4v) is 4.45. The first-order chi connectivity index (χ1) is 24.1. The maximum Gasteiger partial charge on any atom is 0.416 e. The molecule has 0 aliphatic heterocycles. The highest BCUT2D eigenvalue weighted by molar-refractivity contribution is 5.82. The molecular weight excluding hydrogens is 676 g/mol. The van der Waals surface area contributed by atoms with Gasteiger partial charge in [-0.25, -0.2) is 0 Å². The van der Waals surface area contributed by atoms with E-state index in [9.17, 15) is 26.3 Å². The Morgan fingerprint density at radius 2 is 1.16 bits per heavy atom. The number of nitrogens with zero attached hydrogens (tertiary/aromatic N) is 3. The van der Waals surface area contributed by atoms with Crippen LogP contribution in [0.5, 0.6) is 5.75 Å². The van der Waals surface area contributed by atoms with Gasteiger partial charge in [-0.2, -0.15) is 26.3 Å². The molecule has 0 aliphatic rings. The minimum absolute atomic E-state index is 0.0390. The predicted octanol–water partition coefficient (Wildman–Crippen LogP) is 4.17. The maximum absolute atomic E-state index is 14.1. The largest absolute Gasteiger partial charge is 0.493 e. The van der Waals surface area contributed by atoms with Gasteiger partial charge in [0.25, 0.3) is 0 Å². The van der Waals surface area contributed by atoms with Gasteiger partial charge in [0.05, 0.1) is 37.4 Å². The number of nitrogens with two attached hydrogens (primary N) is 6. The SMILES string of the molecule is NCC(N)=NCCC#Cc1cc(-c2cc(-c3cc(C#CCCN=C(N)N)cc(C(F)(F)F)c3)ccc2OCCCN=C(N)N)cc(C(F)(F)F)c1. The van der Waals surface area contributed by atoms with Crippen LogP contribution in [0.3, 0.4) is 0 Å². The summed E-state index contributed by atoms with van der Waals surface area (Å²) in [5.74, 6) is 11.1. The first-order valence-corrected chi connectivity index (χ1v) is 15.4. The lowest BCUT2D eigenvalue weighted by atomic mass is 9.93. The number of alkyl halides is 6. The number of guanidine groups is 2. The van der Waals surface area contributed by atoms with Crippen LogP contribution in [0.2, 0.25) is 0 Å². The second-order valence-corrected chi connectivity index (χ2v) is 10.8. The molecule has 0 radical (unpaired) electrons. The summed E-state index contributed by atoms with van der Waals surface area (Å²) in [5, 5.41) is 0. The number of benzene rings is 3.